The van der Waals surface area contributed by atoms with E-state index in [1.54, 1.807) is 12.1 Å². The minimum atomic E-state index is -0.177. The zero-order valence-corrected chi connectivity index (χ0v) is 15.3. The van der Waals surface area contributed by atoms with Gasteiger partial charge in [0.25, 0.3) is 0 Å². The van der Waals surface area contributed by atoms with E-state index in [1.165, 1.54) is 17.7 Å². The van der Waals surface area contributed by atoms with Gasteiger partial charge in [0.2, 0.25) is 0 Å². The van der Waals surface area contributed by atoms with E-state index < -0.39 is 0 Å². The topological polar surface area (TPSA) is 32.6 Å². The van der Waals surface area contributed by atoms with Crippen molar-refractivity contribution in [3.05, 3.63) is 59.7 Å². The highest BCUT2D eigenvalue weighted by molar-refractivity contribution is 5.79. The Morgan fingerprint density at radius 2 is 2.00 bits per heavy atom. The number of guanidine groups is 1. The summed E-state index contributed by atoms with van der Waals surface area (Å²) in [5.41, 5.74) is 2.55. The summed E-state index contributed by atoms with van der Waals surface area (Å²) < 4.78 is 15.4. The number of nitrogens with one attached hydrogen (secondary N) is 1. The smallest absolute Gasteiger partial charge is 0.193 e. The van der Waals surface area contributed by atoms with Crippen LogP contribution in [0.15, 0.2) is 47.6 Å². The number of aryl methyl sites for hydroxylation is 1. The van der Waals surface area contributed by atoms with Crippen molar-refractivity contribution in [2.24, 2.45) is 12.0 Å². The Balaban J connectivity index is 1.65. The number of hydrogen-bond acceptors (Lipinski definition) is 1. The molecule has 1 aliphatic carbocycles. The highest BCUT2D eigenvalue weighted by atomic mass is 19.1. The monoisotopic (exact) mass is 342 g/mol. The molecule has 1 aromatic carbocycles. The number of nitrogens with zero attached hydrogens (tertiary/aromatic N) is 3. The zero-order valence-electron chi connectivity index (χ0n) is 15.3. The third-order valence-electron chi connectivity index (χ3n) is 5.38. The largest absolute Gasteiger partial charge is 0.355 e. The Hall–Kier alpha value is -2.30. The molecule has 0 radical (unpaired) electrons. The van der Waals surface area contributed by atoms with Crippen LogP contribution in [0, 0.1) is 5.82 Å². The normalized spacial score (nSPS) is 16.4. The maximum absolute atomic E-state index is 13.2. The van der Waals surface area contributed by atoms with Crippen LogP contribution in [0.4, 0.5) is 4.39 Å². The van der Waals surface area contributed by atoms with Gasteiger partial charge in [-0.3, -0.25) is 4.99 Å². The van der Waals surface area contributed by atoms with Gasteiger partial charge in [0, 0.05) is 45.0 Å². The van der Waals surface area contributed by atoms with Crippen LogP contribution in [0.25, 0.3) is 0 Å². The lowest BCUT2D eigenvalue weighted by molar-refractivity contribution is 0.241. The molecule has 4 nitrogen and oxygen atoms in total. The third-order valence-corrected chi connectivity index (χ3v) is 5.38. The molecule has 1 aliphatic rings. The van der Waals surface area contributed by atoms with Crippen LogP contribution < -0.4 is 5.32 Å². The molecule has 5 heteroatoms. The van der Waals surface area contributed by atoms with Gasteiger partial charge < -0.3 is 14.8 Å². The van der Waals surface area contributed by atoms with Gasteiger partial charge in [-0.15, -0.1) is 0 Å². The SMILES string of the molecule is CN=C(NCC1(c2ccc(F)cc2)CCC1)N(C)Cc1cccn1C. The second kappa shape index (κ2) is 7.30. The molecular weight excluding hydrogens is 315 g/mol. The number of aromatic nitrogens is 1. The predicted molar refractivity (Wildman–Crippen MR) is 100 cm³/mol. The number of aliphatic imine (C=N–C) groups is 1. The van der Waals surface area contributed by atoms with Crippen LogP contribution in [0.1, 0.15) is 30.5 Å². The summed E-state index contributed by atoms with van der Waals surface area (Å²) in [5, 5.41) is 3.53. The second-order valence-electron chi connectivity index (χ2n) is 7.01. The lowest BCUT2D eigenvalue weighted by Gasteiger charge is -2.43. The Kier molecular flexibility index (Phi) is 5.11. The van der Waals surface area contributed by atoms with Gasteiger partial charge in [-0.2, -0.15) is 0 Å². The van der Waals surface area contributed by atoms with Gasteiger partial charge in [0.05, 0.1) is 6.54 Å². The Labute approximate surface area is 149 Å². The van der Waals surface area contributed by atoms with Crippen molar-refractivity contribution < 1.29 is 4.39 Å². The van der Waals surface area contributed by atoms with Crippen molar-refractivity contribution in [1.82, 2.24) is 14.8 Å². The van der Waals surface area contributed by atoms with Crippen LogP contribution in [0.3, 0.4) is 0 Å². The highest BCUT2D eigenvalue weighted by Gasteiger charge is 2.38. The molecule has 0 saturated heterocycles. The molecule has 1 heterocycles. The molecule has 134 valence electrons. The second-order valence-corrected chi connectivity index (χ2v) is 7.01. The fourth-order valence-corrected chi connectivity index (χ4v) is 3.59. The average molecular weight is 342 g/mol. The molecule has 3 rings (SSSR count). The molecule has 0 bridgehead atoms. The van der Waals surface area contributed by atoms with Crippen molar-refractivity contribution in [3.63, 3.8) is 0 Å². The van der Waals surface area contributed by atoms with Crippen LogP contribution in [-0.4, -0.2) is 36.1 Å². The average Bonchev–Trinajstić information content (AvgIpc) is 2.96. The number of hydrogen-bond donors (Lipinski definition) is 1. The van der Waals surface area contributed by atoms with E-state index in [9.17, 15) is 4.39 Å². The Morgan fingerprint density at radius 3 is 2.52 bits per heavy atom. The van der Waals surface area contributed by atoms with Crippen molar-refractivity contribution in [1.29, 1.82) is 0 Å². The van der Waals surface area contributed by atoms with Crippen molar-refractivity contribution in [2.75, 3.05) is 20.6 Å². The molecule has 1 N–H and O–H groups in total. The lowest BCUT2D eigenvalue weighted by atomic mass is 9.64. The minimum absolute atomic E-state index is 0.0927. The first-order valence-corrected chi connectivity index (χ1v) is 8.82. The van der Waals surface area contributed by atoms with Crippen LogP contribution >= 0.6 is 0 Å². The number of rotatable bonds is 5. The molecule has 0 unspecified atom stereocenters. The van der Waals surface area contributed by atoms with Gasteiger partial charge in [-0.25, -0.2) is 4.39 Å². The van der Waals surface area contributed by atoms with Gasteiger partial charge in [-0.05, 0) is 42.7 Å². The minimum Gasteiger partial charge on any atom is -0.355 e. The molecule has 1 saturated carbocycles. The lowest BCUT2D eigenvalue weighted by Crippen LogP contribution is -2.49. The molecule has 2 aromatic rings. The fraction of sp³-hybridized carbons (Fsp3) is 0.450. The quantitative estimate of drug-likeness (QED) is 0.668. The van der Waals surface area contributed by atoms with Crippen LogP contribution in [0.2, 0.25) is 0 Å². The van der Waals surface area contributed by atoms with Gasteiger partial charge in [-0.1, -0.05) is 18.6 Å². The first-order valence-electron chi connectivity index (χ1n) is 8.82. The van der Waals surface area contributed by atoms with Crippen LogP contribution in [-0.2, 0) is 19.0 Å². The Bertz CT molecular complexity index is 728. The van der Waals surface area contributed by atoms with E-state index >= 15 is 0 Å². The van der Waals surface area contributed by atoms with Crippen molar-refractivity contribution in [3.8, 4) is 0 Å². The standard InChI is InChI=1S/C20H27FN4/c1-22-19(25(3)14-18-6-4-13-24(18)2)23-15-20(11-5-12-20)16-7-9-17(21)10-8-16/h4,6-10,13H,5,11-12,14-15H2,1-3H3,(H,22,23). The van der Waals surface area contributed by atoms with E-state index in [2.05, 4.69) is 45.2 Å². The maximum Gasteiger partial charge on any atom is 0.193 e. The molecule has 0 aliphatic heterocycles. The summed E-state index contributed by atoms with van der Waals surface area (Å²) in [7, 11) is 5.92. The van der Waals surface area contributed by atoms with Crippen molar-refractivity contribution in [2.45, 2.75) is 31.2 Å². The van der Waals surface area contributed by atoms with Crippen molar-refractivity contribution >= 4 is 5.96 Å². The van der Waals surface area contributed by atoms with Gasteiger partial charge in [0.15, 0.2) is 5.96 Å². The summed E-state index contributed by atoms with van der Waals surface area (Å²) in [6, 6.07) is 11.1. The molecular formula is C20H27FN4. The summed E-state index contributed by atoms with van der Waals surface area (Å²) >= 11 is 0. The molecule has 1 aromatic heterocycles. The summed E-state index contributed by atoms with van der Waals surface area (Å²) in [6.45, 7) is 1.62. The molecule has 0 amide bonds. The van der Waals surface area contributed by atoms with E-state index in [0.29, 0.717) is 0 Å². The zero-order chi connectivity index (χ0) is 17.9. The Morgan fingerprint density at radius 1 is 1.28 bits per heavy atom. The third kappa shape index (κ3) is 3.70. The van der Waals surface area contributed by atoms with E-state index in [4.69, 9.17) is 0 Å². The molecule has 0 atom stereocenters. The summed E-state index contributed by atoms with van der Waals surface area (Å²) in [5.74, 6) is 0.707. The van der Waals surface area contributed by atoms with E-state index in [-0.39, 0.29) is 11.2 Å². The maximum atomic E-state index is 13.2. The van der Waals surface area contributed by atoms with Crippen LogP contribution in [0.5, 0.6) is 0 Å². The number of halogens is 1. The first kappa shape index (κ1) is 17.5. The number of benzene rings is 1. The summed E-state index contributed by atoms with van der Waals surface area (Å²) in [6.07, 6.45) is 5.53. The molecule has 25 heavy (non-hydrogen) atoms. The molecule has 1 fully saturated rings. The van der Waals surface area contributed by atoms with E-state index in [1.807, 2.05) is 26.2 Å². The van der Waals surface area contributed by atoms with Gasteiger partial charge >= 0.3 is 0 Å². The predicted octanol–water partition coefficient (Wildman–Crippen LogP) is 3.29. The highest BCUT2D eigenvalue weighted by Crippen LogP contribution is 2.43. The fourth-order valence-electron chi connectivity index (χ4n) is 3.59. The van der Waals surface area contributed by atoms with E-state index in [0.717, 1.165) is 31.9 Å². The van der Waals surface area contributed by atoms with Gasteiger partial charge in [0.1, 0.15) is 5.82 Å². The molecule has 0 spiro atoms. The first-order chi connectivity index (χ1) is 12.0. The summed E-state index contributed by atoms with van der Waals surface area (Å²) in [4.78, 5) is 6.56.